The third-order valence-corrected chi connectivity index (χ3v) is 2.16. The van der Waals surface area contributed by atoms with Gasteiger partial charge in [-0.15, -0.1) is 11.6 Å². The molecule has 2 rings (SSSR count). The van der Waals surface area contributed by atoms with Gasteiger partial charge >= 0.3 is 0 Å². The summed E-state index contributed by atoms with van der Waals surface area (Å²) in [7, 11) is 0. The van der Waals surface area contributed by atoms with Gasteiger partial charge in [-0.2, -0.15) is 0 Å². The van der Waals surface area contributed by atoms with Crippen LogP contribution in [0.4, 0.5) is 5.69 Å². The van der Waals surface area contributed by atoms with Crippen LogP contribution in [0.1, 0.15) is 11.1 Å². The Hall–Kier alpha value is -1.46. The molecule has 2 nitrogen and oxygen atoms in total. The van der Waals surface area contributed by atoms with Crippen LogP contribution in [0.2, 0.25) is 0 Å². The van der Waals surface area contributed by atoms with Gasteiger partial charge in [-0.25, -0.2) is 0 Å². The second kappa shape index (κ2) is 3.73. The molecule has 1 N–H and O–H groups in total. The zero-order chi connectivity index (χ0) is 9.97. The molecule has 1 aliphatic heterocycles. The average molecular weight is 206 g/mol. The number of carbonyl (C=O) groups is 1. The lowest BCUT2D eigenvalue weighted by molar-refractivity contribution is -0.115. The van der Waals surface area contributed by atoms with Gasteiger partial charge in [0.2, 0.25) is 5.91 Å². The van der Waals surface area contributed by atoms with Crippen LogP contribution in [-0.4, -0.2) is 11.8 Å². The monoisotopic (exact) mass is 205 g/mol. The van der Waals surface area contributed by atoms with Crippen LogP contribution in [-0.2, 0) is 11.2 Å². The number of alkyl halides is 1. The molecule has 70 valence electrons. The zero-order valence-electron chi connectivity index (χ0n) is 7.43. The summed E-state index contributed by atoms with van der Waals surface area (Å²) in [6, 6.07) is 5.68. The Morgan fingerprint density at radius 3 is 3.14 bits per heavy atom. The number of nitrogens with one attached hydrogen (secondary N) is 1. The van der Waals surface area contributed by atoms with Gasteiger partial charge in [-0.3, -0.25) is 4.79 Å². The van der Waals surface area contributed by atoms with Gasteiger partial charge in [0.15, 0.2) is 0 Å². The Morgan fingerprint density at radius 1 is 1.50 bits per heavy atom. The number of anilines is 1. The molecule has 0 bridgehead atoms. The van der Waals surface area contributed by atoms with Crippen molar-refractivity contribution in [2.45, 2.75) is 6.42 Å². The maximum absolute atomic E-state index is 11.1. The zero-order valence-corrected chi connectivity index (χ0v) is 8.19. The van der Waals surface area contributed by atoms with E-state index in [-0.39, 0.29) is 5.91 Å². The first-order valence-corrected chi connectivity index (χ1v) is 4.80. The smallest absolute Gasteiger partial charge is 0.228 e. The summed E-state index contributed by atoms with van der Waals surface area (Å²) in [6.45, 7) is 0. The number of rotatable bonds is 0. The third kappa shape index (κ3) is 1.73. The van der Waals surface area contributed by atoms with E-state index in [1.165, 1.54) is 0 Å². The average Bonchev–Trinajstić information content (AvgIpc) is 2.54. The minimum atomic E-state index is 0.0439. The normalized spacial score (nSPS) is 12.8. The van der Waals surface area contributed by atoms with E-state index in [9.17, 15) is 4.79 Å². The molecule has 3 heteroatoms. The van der Waals surface area contributed by atoms with E-state index in [4.69, 9.17) is 11.6 Å². The first kappa shape index (κ1) is 9.11. The Labute approximate surface area is 87.3 Å². The Bertz CT molecular complexity index is 442. The molecular formula is C11H8ClNO. The third-order valence-electron chi connectivity index (χ3n) is 2.03. The maximum atomic E-state index is 11.1. The van der Waals surface area contributed by atoms with Crippen molar-refractivity contribution in [1.82, 2.24) is 0 Å². The summed E-state index contributed by atoms with van der Waals surface area (Å²) in [5.74, 6) is 6.07. The van der Waals surface area contributed by atoms with E-state index in [2.05, 4.69) is 17.2 Å². The second-order valence-electron chi connectivity index (χ2n) is 3.03. The summed E-state index contributed by atoms with van der Waals surface area (Å²) in [6.07, 6.45) is 0.450. The van der Waals surface area contributed by atoms with E-state index < -0.39 is 0 Å². The number of halogens is 1. The van der Waals surface area contributed by atoms with Crippen molar-refractivity contribution < 1.29 is 4.79 Å². The molecule has 0 fully saturated rings. The Balaban J connectivity index is 2.33. The van der Waals surface area contributed by atoms with Crippen molar-refractivity contribution in [1.29, 1.82) is 0 Å². The van der Waals surface area contributed by atoms with Crippen LogP contribution in [0.15, 0.2) is 18.2 Å². The molecule has 1 aliphatic rings. The fraction of sp³-hybridized carbons (Fsp3) is 0.182. The number of amides is 1. The number of hydrogen-bond acceptors (Lipinski definition) is 1. The van der Waals surface area contributed by atoms with Crippen molar-refractivity contribution in [2.24, 2.45) is 0 Å². The van der Waals surface area contributed by atoms with Crippen molar-refractivity contribution in [3.05, 3.63) is 29.3 Å². The molecule has 1 aromatic rings. The van der Waals surface area contributed by atoms with E-state index in [0.717, 1.165) is 16.8 Å². The number of hydrogen-bond donors (Lipinski definition) is 1. The molecule has 0 radical (unpaired) electrons. The van der Waals surface area contributed by atoms with Crippen molar-refractivity contribution in [3.63, 3.8) is 0 Å². The Kier molecular flexibility index (Phi) is 2.43. The topological polar surface area (TPSA) is 29.1 Å². The summed E-state index contributed by atoms with van der Waals surface area (Å²) in [5.41, 5.74) is 2.81. The van der Waals surface area contributed by atoms with Crippen LogP contribution < -0.4 is 5.32 Å². The van der Waals surface area contributed by atoms with E-state index in [1.807, 2.05) is 18.2 Å². The van der Waals surface area contributed by atoms with Crippen LogP contribution in [0.25, 0.3) is 0 Å². The van der Waals surface area contributed by atoms with Crippen molar-refractivity contribution >= 4 is 23.2 Å². The highest BCUT2D eigenvalue weighted by atomic mass is 35.5. The molecule has 14 heavy (non-hydrogen) atoms. The van der Waals surface area contributed by atoms with Gasteiger partial charge < -0.3 is 5.32 Å². The molecule has 1 amide bonds. The van der Waals surface area contributed by atoms with Crippen LogP contribution in [0.5, 0.6) is 0 Å². The lowest BCUT2D eigenvalue weighted by Crippen LogP contribution is -2.03. The van der Waals surface area contributed by atoms with E-state index >= 15 is 0 Å². The van der Waals surface area contributed by atoms with Crippen LogP contribution in [0, 0.1) is 11.8 Å². The summed E-state index contributed by atoms with van der Waals surface area (Å²) >= 11 is 5.45. The van der Waals surface area contributed by atoms with Gasteiger partial charge in [-0.1, -0.05) is 11.8 Å². The highest BCUT2D eigenvalue weighted by molar-refractivity contribution is 6.19. The van der Waals surface area contributed by atoms with E-state index in [1.54, 1.807) is 0 Å². The fourth-order valence-electron chi connectivity index (χ4n) is 1.44. The van der Waals surface area contributed by atoms with Gasteiger partial charge in [0.1, 0.15) is 0 Å². The molecule has 0 saturated heterocycles. The summed E-state index contributed by atoms with van der Waals surface area (Å²) in [5, 5.41) is 2.77. The number of benzene rings is 1. The minimum Gasteiger partial charge on any atom is -0.326 e. The van der Waals surface area contributed by atoms with Crippen LogP contribution in [0.3, 0.4) is 0 Å². The van der Waals surface area contributed by atoms with Gasteiger partial charge in [-0.05, 0) is 23.8 Å². The minimum absolute atomic E-state index is 0.0439. The van der Waals surface area contributed by atoms with Crippen molar-refractivity contribution in [3.8, 4) is 11.8 Å². The quantitative estimate of drug-likeness (QED) is 0.508. The Morgan fingerprint density at radius 2 is 2.36 bits per heavy atom. The standard InChI is InChI=1S/C11H8ClNO/c12-5-1-2-8-3-4-10-9(6-8)7-11(14)13-10/h3-4,6H,5,7H2,(H,13,14). The summed E-state index contributed by atoms with van der Waals surface area (Å²) < 4.78 is 0. The molecule has 0 aliphatic carbocycles. The van der Waals surface area contributed by atoms with Gasteiger partial charge in [0, 0.05) is 11.3 Å². The maximum Gasteiger partial charge on any atom is 0.228 e. The number of carbonyl (C=O) groups excluding carboxylic acids is 1. The first-order chi connectivity index (χ1) is 6.79. The predicted molar refractivity (Wildman–Crippen MR) is 56.4 cm³/mol. The fourth-order valence-corrected chi connectivity index (χ4v) is 1.51. The lowest BCUT2D eigenvalue weighted by atomic mass is 10.1. The van der Waals surface area contributed by atoms with Crippen molar-refractivity contribution in [2.75, 3.05) is 11.2 Å². The lowest BCUT2D eigenvalue weighted by Gasteiger charge is -1.97. The molecule has 0 spiro atoms. The van der Waals surface area contributed by atoms with E-state index in [0.29, 0.717) is 12.3 Å². The van der Waals surface area contributed by atoms with Gasteiger partial charge in [0.05, 0.1) is 12.3 Å². The van der Waals surface area contributed by atoms with Crippen LogP contribution >= 0.6 is 11.6 Å². The highest BCUT2D eigenvalue weighted by Gasteiger charge is 2.16. The molecule has 1 heterocycles. The molecule has 0 unspecified atom stereocenters. The molecule has 0 saturated carbocycles. The summed E-state index contributed by atoms with van der Waals surface area (Å²) in [4.78, 5) is 11.1. The number of fused-ring (bicyclic) bond motifs is 1. The first-order valence-electron chi connectivity index (χ1n) is 4.27. The molecular weight excluding hydrogens is 198 g/mol. The van der Waals surface area contributed by atoms with Gasteiger partial charge in [0.25, 0.3) is 0 Å². The SMILES string of the molecule is O=C1Cc2cc(C#CCCl)ccc2N1. The molecule has 1 aromatic carbocycles. The predicted octanol–water partition coefficient (Wildman–Crippen LogP) is 1.77. The molecule has 0 atom stereocenters. The largest absolute Gasteiger partial charge is 0.326 e. The molecule has 0 aromatic heterocycles. The second-order valence-corrected chi connectivity index (χ2v) is 3.30. The highest BCUT2D eigenvalue weighted by Crippen LogP contribution is 2.23.